The molecule has 0 fully saturated rings. The van der Waals surface area contributed by atoms with Crippen molar-refractivity contribution >= 4 is 0 Å². The average molecular weight is 242 g/mol. The van der Waals surface area contributed by atoms with Crippen LogP contribution in [0.15, 0.2) is 18.2 Å². The normalized spacial score (nSPS) is 15.9. The highest BCUT2D eigenvalue weighted by Crippen LogP contribution is 2.21. The van der Waals surface area contributed by atoms with Crippen molar-refractivity contribution in [3.63, 3.8) is 0 Å². The molecule has 0 saturated carbocycles. The highest BCUT2D eigenvalue weighted by molar-refractivity contribution is 5.42. The van der Waals surface area contributed by atoms with Crippen molar-refractivity contribution in [1.29, 1.82) is 0 Å². The Labute approximate surface area is 110 Å². The zero-order valence-electron chi connectivity index (χ0n) is 11.4. The van der Waals surface area contributed by atoms with Crippen LogP contribution in [-0.4, -0.2) is 10.7 Å². The maximum atomic E-state index is 9.63. The van der Waals surface area contributed by atoms with Crippen molar-refractivity contribution in [3.05, 3.63) is 34.9 Å². The molecule has 2 rings (SSSR count). The maximum absolute atomic E-state index is 9.63. The lowest BCUT2D eigenvalue weighted by molar-refractivity contribution is 0.143. The molecule has 0 radical (unpaired) electrons. The number of hydrogen-bond acceptors (Lipinski definition) is 1. The Kier molecular flexibility index (Phi) is 4.09. The standard InChI is InChI=1S/C17H22O/c1-17(2,18)12-11-14-9-10-15-7-5-3-4-6-8-16(15)13-14/h9-10,13,18H,3-8H2,1-2H3. The van der Waals surface area contributed by atoms with E-state index >= 15 is 0 Å². The van der Waals surface area contributed by atoms with Crippen molar-refractivity contribution < 1.29 is 5.11 Å². The molecule has 0 saturated heterocycles. The van der Waals surface area contributed by atoms with Crippen LogP contribution < -0.4 is 0 Å². The molecule has 0 aliphatic heterocycles. The van der Waals surface area contributed by atoms with E-state index in [0.29, 0.717) is 0 Å². The summed E-state index contributed by atoms with van der Waals surface area (Å²) in [7, 11) is 0. The first-order chi connectivity index (χ1) is 8.54. The highest BCUT2D eigenvalue weighted by atomic mass is 16.3. The Morgan fingerprint density at radius 1 is 1.00 bits per heavy atom. The fourth-order valence-corrected chi connectivity index (χ4v) is 2.39. The van der Waals surface area contributed by atoms with E-state index in [-0.39, 0.29) is 0 Å². The SMILES string of the molecule is CC(C)(O)C#Cc1ccc2c(c1)CCCCCC2. The molecular formula is C17H22O. The summed E-state index contributed by atoms with van der Waals surface area (Å²) in [6, 6.07) is 6.51. The van der Waals surface area contributed by atoms with Gasteiger partial charge in [0.25, 0.3) is 0 Å². The van der Waals surface area contributed by atoms with Gasteiger partial charge in [-0.2, -0.15) is 0 Å². The lowest BCUT2D eigenvalue weighted by atomic mass is 9.92. The van der Waals surface area contributed by atoms with Gasteiger partial charge in [-0.05, 0) is 62.8 Å². The van der Waals surface area contributed by atoms with Gasteiger partial charge < -0.3 is 5.11 Å². The zero-order chi connectivity index (χ0) is 13.0. The van der Waals surface area contributed by atoms with Gasteiger partial charge in [0.15, 0.2) is 0 Å². The van der Waals surface area contributed by atoms with Gasteiger partial charge in [0.2, 0.25) is 0 Å². The molecule has 0 unspecified atom stereocenters. The molecule has 1 heteroatoms. The minimum absolute atomic E-state index is 0.912. The van der Waals surface area contributed by atoms with Crippen LogP contribution in [0.25, 0.3) is 0 Å². The van der Waals surface area contributed by atoms with Crippen LogP contribution in [0.2, 0.25) is 0 Å². The van der Waals surface area contributed by atoms with Gasteiger partial charge in [0, 0.05) is 5.56 Å². The first-order valence-corrected chi connectivity index (χ1v) is 6.92. The van der Waals surface area contributed by atoms with Crippen molar-refractivity contribution in [2.24, 2.45) is 0 Å². The minimum atomic E-state index is -0.912. The zero-order valence-corrected chi connectivity index (χ0v) is 11.4. The van der Waals surface area contributed by atoms with E-state index in [4.69, 9.17) is 0 Å². The van der Waals surface area contributed by atoms with Gasteiger partial charge in [-0.15, -0.1) is 0 Å². The van der Waals surface area contributed by atoms with Crippen LogP contribution in [0.3, 0.4) is 0 Å². The predicted octanol–water partition coefficient (Wildman–Crippen LogP) is 3.47. The Morgan fingerprint density at radius 2 is 1.67 bits per heavy atom. The van der Waals surface area contributed by atoms with E-state index in [1.54, 1.807) is 13.8 Å². The number of aryl methyl sites for hydroxylation is 2. The second-order valence-electron chi connectivity index (χ2n) is 5.71. The van der Waals surface area contributed by atoms with E-state index in [0.717, 1.165) is 5.56 Å². The Hall–Kier alpha value is -1.26. The Bertz CT molecular complexity index is 469. The maximum Gasteiger partial charge on any atom is 0.120 e. The number of fused-ring (bicyclic) bond motifs is 1. The summed E-state index contributed by atoms with van der Waals surface area (Å²) in [6.07, 6.45) is 7.68. The highest BCUT2D eigenvalue weighted by Gasteiger charge is 2.08. The van der Waals surface area contributed by atoms with Crippen LogP contribution in [0.5, 0.6) is 0 Å². The van der Waals surface area contributed by atoms with Crippen LogP contribution in [0.4, 0.5) is 0 Å². The molecule has 1 N–H and O–H groups in total. The van der Waals surface area contributed by atoms with Crippen molar-refractivity contribution in [2.75, 3.05) is 0 Å². The van der Waals surface area contributed by atoms with Gasteiger partial charge >= 0.3 is 0 Å². The number of hydrogen-bond donors (Lipinski definition) is 1. The predicted molar refractivity (Wildman–Crippen MR) is 75.5 cm³/mol. The second kappa shape index (κ2) is 5.59. The minimum Gasteiger partial charge on any atom is -0.378 e. The van der Waals surface area contributed by atoms with E-state index in [1.807, 2.05) is 0 Å². The molecule has 0 spiro atoms. The lowest BCUT2D eigenvalue weighted by Crippen LogP contribution is -2.14. The molecule has 96 valence electrons. The van der Waals surface area contributed by atoms with E-state index < -0.39 is 5.60 Å². The number of benzene rings is 1. The fraction of sp³-hybridized carbons (Fsp3) is 0.529. The number of aliphatic hydroxyl groups is 1. The summed E-state index contributed by atoms with van der Waals surface area (Å²) >= 11 is 0. The van der Waals surface area contributed by atoms with Crippen molar-refractivity contribution in [2.45, 2.75) is 58.0 Å². The summed E-state index contributed by atoms with van der Waals surface area (Å²) in [5.41, 5.74) is 3.06. The summed E-state index contributed by atoms with van der Waals surface area (Å²) in [5.74, 6) is 5.95. The third-order valence-corrected chi connectivity index (χ3v) is 3.36. The lowest BCUT2D eigenvalue weighted by Gasteiger charge is -2.14. The largest absolute Gasteiger partial charge is 0.378 e. The van der Waals surface area contributed by atoms with E-state index in [2.05, 4.69) is 30.0 Å². The Balaban J connectivity index is 2.24. The molecule has 1 aliphatic carbocycles. The van der Waals surface area contributed by atoms with Gasteiger partial charge in [0.1, 0.15) is 5.60 Å². The van der Waals surface area contributed by atoms with Gasteiger partial charge in [0.05, 0.1) is 0 Å². The third kappa shape index (κ3) is 3.89. The van der Waals surface area contributed by atoms with Crippen LogP contribution in [0.1, 0.15) is 56.2 Å². The van der Waals surface area contributed by atoms with Gasteiger partial charge in [-0.3, -0.25) is 0 Å². The van der Waals surface area contributed by atoms with Gasteiger partial charge in [-0.25, -0.2) is 0 Å². The second-order valence-corrected chi connectivity index (χ2v) is 5.71. The first-order valence-electron chi connectivity index (χ1n) is 6.92. The van der Waals surface area contributed by atoms with Crippen molar-refractivity contribution in [1.82, 2.24) is 0 Å². The molecule has 0 atom stereocenters. The Morgan fingerprint density at radius 3 is 2.33 bits per heavy atom. The smallest absolute Gasteiger partial charge is 0.120 e. The van der Waals surface area contributed by atoms with Crippen LogP contribution in [0, 0.1) is 11.8 Å². The molecule has 1 aromatic rings. The van der Waals surface area contributed by atoms with Gasteiger partial charge in [-0.1, -0.05) is 30.7 Å². The average Bonchev–Trinajstić information content (AvgIpc) is 2.27. The summed E-state index contributed by atoms with van der Waals surface area (Å²) in [6.45, 7) is 3.43. The van der Waals surface area contributed by atoms with Crippen LogP contribution >= 0.6 is 0 Å². The molecule has 0 aromatic heterocycles. The summed E-state index contributed by atoms with van der Waals surface area (Å²) in [4.78, 5) is 0. The summed E-state index contributed by atoms with van der Waals surface area (Å²) in [5, 5.41) is 9.63. The van der Waals surface area contributed by atoms with E-state index in [9.17, 15) is 5.11 Å². The number of rotatable bonds is 0. The fourth-order valence-electron chi connectivity index (χ4n) is 2.39. The first kappa shape index (κ1) is 13.2. The monoisotopic (exact) mass is 242 g/mol. The van der Waals surface area contributed by atoms with Crippen molar-refractivity contribution in [3.8, 4) is 11.8 Å². The molecule has 18 heavy (non-hydrogen) atoms. The summed E-state index contributed by atoms with van der Waals surface area (Å²) < 4.78 is 0. The molecule has 0 bridgehead atoms. The molecule has 1 aromatic carbocycles. The third-order valence-electron chi connectivity index (χ3n) is 3.36. The molecular weight excluding hydrogens is 220 g/mol. The topological polar surface area (TPSA) is 20.2 Å². The molecule has 1 aliphatic rings. The van der Waals surface area contributed by atoms with Crippen LogP contribution in [-0.2, 0) is 12.8 Å². The quantitative estimate of drug-likeness (QED) is 0.691. The van der Waals surface area contributed by atoms with E-state index in [1.165, 1.54) is 49.7 Å². The molecule has 1 nitrogen and oxygen atoms in total. The molecule has 0 heterocycles. The molecule has 0 amide bonds.